The number of carbonyl (C=O) groups is 1. The summed E-state index contributed by atoms with van der Waals surface area (Å²) in [4.78, 5) is 14.1. The Morgan fingerprint density at radius 3 is 2.75 bits per heavy atom. The lowest BCUT2D eigenvalue weighted by molar-refractivity contribution is 0.0564. The van der Waals surface area contributed by atoms with Crippen molar-refractivity contribution in [2.45, 2.75) is 19.3 Å². The van der Waals surface area contributed by atoms with Gasteiger partial charge in [-0.1, -0.05) is 42.4 Å². The highest BCUT2D eigenvalue weighted by Crippen LogP contribution is 2.28. The van der Waals surface area contributed by atoms with Crippen molar-refractivity contribution in [3.8, 4) is 11.3 Å². The van der Waals surface area contributed by atoms with Crippen molar-refractivity contribution >= 4 is 5.91 Å². The van der Waals surface area contributed by atoms with E-state index >= 15 is 0 Å². The van der Waals surface area contributed by atoms with Gasteiger partial charge in [0.05, 0.1) is 5.92 Å². The van der Waals surface area contributed by atoms with Crippen LogP contribution in [0.5, 0.6) is 0 Å². The Labute approximate surface area is 138 Å². The molecular weight excluding hydrogens is 308 g/mol. The molecule has 1 aliphatic heterocycles. The second-order valence-corrected chi connectivity index (χ2v) is 5.74. The minimum absolute atomic E-state index is 0.0993. The number of hydrogen-bond acceptors (Lipinski definition) is 6. The summed E-state index contributed by atoms with van der Waals surface area (Å²) in [5.74, 6) is 1.76. The van der Waals surface area contributed by atoms with E-state index in [0.29, 0.717) is 42.7 Å². The number of aryl methyl sites for hydroxylation is 1. The average molecular weight is 324 g/mol. The van der Waals surface area contributed by atoms with Crippen molar-refractivity contribution in [2.24, 2.45) is 0 Å². The van der Waals surface area contributed by atoms with Gasteiger partial charge < -0.3 is 13.8 Å². The van der Waals surface area contributed by atoms with Crippen LogP contribution in [0.3, 0.4) is 0 Å². The number of rotatable bonds is 4. The van der Waals surface area contributed by atoms with E-state index in [2.05, 4.69) is 15.4 Å². The third-order valence-electron chi connectivity index (χ3n) is 4.09. The van der Waals surface area contributed by atoms with Crippen LogP contribution >= 0.6 is 0 Å². The molecule has 0 radical (unpaired) electrons. The van der Waals surface area contributed by atoms with E-state index in [1.807, 2.05) is 37.3 Å². The molecule has 4 rings (SSSR count). The Morgan fingerprint density at radius 2 is 2.04 bits per heavy atom. The Kier molecular flexibility index (Phi) is 3.60. The van der Waals surface area contributed by atoms with Crippen LogP contribution in [-0.4, -0.2) is 39.3 Å². The van der Waals surface area contributed by atoms with Gasteiger partial charge in [0.1, 0.15) is 0 Å². The van der Waals surface area contributed by atoms with Crippen LogP contribution in [-0.2, 0) is 6.42 Å². The molecular formula is C17H16N4O3. The molecule has 1 amide bonds. The monoisotopic (exact) mass is 324 g/mol. The molecule has 7 heteroatoms. The summed E-state index contributed by atoms with van der Waals surface area (Å²) in [5.41, 5.74) is 1.20. The van der Waals surface area contributed by atoms with Gasteiger partial charge in [-0.05, 0) is 0 Å². The molecule has 0 saturated carbocycles. The summed E-state index contributed by atoms with van der Waals surface area (Å²) in [6.45, 7) is 3.07. The maximum atomic E-state index is 12.4. The lowest BCUT2D eigenvalue weighted by Gasteiger charge is -2.36. The first-order chi connectivity index (χ1) is 11.7. The number of likely N-dealkylation sites (tertiary alicyclic amines) is 1. The molecule has 1 aliphatic rings. The summed E-state index contributed by atoms with van der Waals surface area (Å²) in [5, 5.41) is 11.9. The maximum absolute atomic E-state index is 12.4. The smallest absolute Gasteiger partial charge is 0.276 e. The van der Waals surface area contributed by atoms with Gasteiger partial charge in [0.15, 0.2) is 11.5 Å². The summed E-state index contributed by atoms with van der Waals surface area (Å²) < 4.78 is 10.8. The van der Waals surface area contributed by atoms with Crippen molar-refractivity contribution in [3.05, 3.63) is 53.9 Å². The van der Waals surface area contributed by atoms with Crippen molar-refractivity contribution in [1.29, 1.82) is 0 Å². The molecule has 0 atom stereocenters. The first-order valence-corrected chi connectivity index (χ1v) is 7.88. The molecule has 24 heavy (non-hydrogen) atoms. The fraction of sp³-hybridized carbons (Fsp3) is 0.294. The minimum atomic E-state index is -0.146. The fourth-order valence-electron chi connectivity index (χ4n) is 2.65. The van der Waals surface area contributed by atoms with E-state index in [-0.39, 0.29) is 11.8 Å². The van der Waals surface area contributed by atoms with Crippen molar-refractivity contribution in [3.63, 3.8) is 0 Å². The van der Waals surface area contributed by atoms with E-state index < -0.39 is 0 Å². The normalized spacial score (nSPS) is 14.6. The Bertz CT molecular complexity index is 850. The maximum Gasteiger partial charge on any atom is 0.276 e. The van der Waals surface area contributed by atoms with E-state index in [9.17, 15) is 4.79 Å². The Hall–Kier alpha value is -2.96. The molecule has 2 aromatic heterocycles. The van der Waals surface area contributed by atoms with E-state index in [1.54, 1.807) is 11.0 Å². The quantitative estimate of drug-likeness (QED) is 0.733. The third kappa shape index (κ3) is 2.58. The van der Waals surface area contributed by atoms with Crippen LogP contribution in [0, 0.1) is 0 Å². The van der Waals surface area contributed by atoms with Crippen LogP contribution in [0.25, 0.3) is 11.3 Å². The van der Waals surface area contributed by atoms with Gasteiger partial charge in [-0.3, -0.25) is 4.79 Å². The number of benzene rings is 1. The highest BCUT2D eigenvalue weighted by Gasteiger charge is 2.36. The average Bonchev–Trinajstić information content (AvgIpc) is 3.24. The standard InChI is InChI=1S/C17H16N4O3/c1-2-15-18-19-16(23-15)12-9-21(10-12)17(22)13-8-14(24-20-13)11-6-4-3-5-7-11/h3-8,12H,2,9-10H2,1H3. The van der Waals surface area contributed by atoms with Gasteiger partial charge in [0.25, 0.3) is 5.91 Å². The molecule has 1 aromatic carbocycles. The summed E-state index contributed by atoms with van der Waals surface area (Å²) in [7, 11) is 0. The molecule has 0 bridgehead atoms. The molecule has 1 fully saturated rings. The van der Waals surface area contributed by atoms with Crippen LogP contribution in [0.1, 0.15) is 35.1 Å². The van der Waals surface area contributed by atoms with Gasteiger partial charge in [-0.25, -0.2) is 0 Å². The van der Waals surface area contributed by atoms with Crippen LogP contribution in [0.4, 0.5) is 0 Å². The van der Waals surface area contributed by atoms with Crippen molar-refractivity contribution in [2.75, 3.05) is 13.1 Å². The summed E-state index contributed by atoms with van der Waals surface area (Å²) in [6.07, 6.45) is 0.712. The predicted molar refractivity (Wildman–Crippen MR) is 84.3 cm³/mol. The molecule has 1 saturated heterocycles. The first kappa shape index (κ1) is 14.6. The van der Waals surface area contributed by atoms with Crippen molar-refractivity contribution < 1.29 is 13.7 Å². The van der Waals surface area contributed by atoms with Crippen LogP contribution in [0.2, 0.25) is 0 Å². The second kappa shape index (κ2) is 5.92. The lowest BCUT2D eigenvalue weighted by atomic mass is 9.99. The predicted octanol–water partition coefficient (Wildman–Crippen LogP) is 2.53. The van der Waals surface area contributed by atoms with Gasteiger partial charge >= 0.3 is 0 Å². The molecule has 0 spiro atoms. The highest BCUT2D eigenvalue weighted by atomic mass is 16.5. The fourth-order valence-corrected chi connectivity index (χ4v) is 2.65. The van der Waals surface area contributed by atoms with Gasteiger partial charge in [0, 0.05) is 31.1 Å². The summed E-state index contributed by atoms with van der Waals surface area (Å²) in [6, 6.07) is 11.2. The van der Waals surface area contributed by atoms with Crippen molar-refractivity contribution in [1.82, 2.24) is 20.3 Å². The molecule has 0 N–H and O–H groups in total. The zero-order chi connectivity index (χ0) is 16.5. The molecule has 3 aromatic rings. The van der Waals surface area contributed by atoms with Gasteiger partial charge in [-0.15, -0.1) is 10.2 Å². The summed E-state index contributed by atoms with van der Waals surface area (Å²) >= 11 is 0. The Morgan fingerprint density at radius 1 is 1.25 bits per heavy atom. The Balaban J connectivity index is 1.42. The van der Waals surface area contributed by atoms with E-state index in [1.165, 1.54) is 0 Å². The molecule has 0 unspecified atom stereocenters. The number of amides is 1. The zero-order valence-electron chi connectivity index (χ0n) is 13.2. The zero-order valence-corrected chi connectivity index (χ0v) is 13.2. The highest BCUT2D eigenvalue weighted by molar-refractivity contribution is 5.93. The van der Waals surface area contributed by atoms with E-state index in [0.717, 1.165) is 5.56 Å². The molecule has 3 heterocycles. The first-order valence-electron chi connectivity index (χ1n) is 7.88. The number of nitrogens with zero attached hydrogens (tertiary/aromatic N) is 4. The van der Waals surface area contributed by atoms with Gasteiger partial charge in [-0.2, -0.15) is 0 Å². The number of carbonyl (C=O) groups excluding carboxylic acids is 1. The van der Waals surface area contributed by atoms with Gasteiger partial charge in [0.2, 0.25) is 11.8 Å². The molecule has 7 nitrogen and oxygen atoms in total. The SMILES string of the molecule is CCc1nnc(C2CN(C(=O)c3cc(-c4ccccc4)on3)C2)o1. The lowest BCUT2D eigenvalue weighted by Crippen LogP contribution is -2.48. The molecule has 0 aliphatic carbocycles. The van der Waals surface area contributed by atoms with E-state index in [4.69, 9.17) is 8.94 Å². The van der Waals surface area contributed by atoms with Crippen LogP contribution in [0.15, 0.2) is 45.3 Å². The minimum Gasteiger partial charge on any atom is -0.425 e. The molecule has 122 valence electrons. The van der Waals surface area contributed by atoms with Crippen LogP contribution < -0.4 is 0 Å². The topological polar surface area (TPSA) is 85.3 Å². The largest absolute Gasteiger partial charge is 0.425 e. The number of hydrogen-bond donors (Lipinski definition) is 0. The number of aromatic nitrogens is 3. The third-order valence-corrected chi connectivity index (χ3v) is 4.09. The second-order valence-electron chi connectivity index (χ2n) is 5.74.